The molecule has 2 aromatic rings. The first-order valence-corrected chi connectivity index (χ1v) is 5.09. The Morgan fingerprint density at radius 2 is 1.50 bits per heavy atom. The summed E-state index contributed by atoms with van der Waals surface area (Å²) in [5, 5.41) is 0. The molecule has 0 saturated carbocycles. The Kier molecular flexibility index (Phi) is 3.15. The van der Waals surface area contributed by atoms with Gasteiger partial charge in [0.2, 0.25) is 0 Å². The second kappa shape index (κ2) is 4.95. The van der Waals surface area contributed by atoms with Crippen LogP contribution in [0.2, 0.25) is 0 Å². The van der Waals surface area contributed by atoms with Crippen molar-refractivity contribution in [2.75, 3.05) is 0 Å². The van der Waals surface area contributed by atoms with Gasteiger partial charge in [-0.1, -0.05) is 60.7 Å². The first-order chi connectivity index (χ1) is 7.88. The van der Waals surface area contributed by atoms with Crippen LogP contribution < -0.4 is 0 Å². The number of rotatable bonds is 2. The van der Waals surface area contributed by atoms with Crippen LogP contribution >= 0.6 is 0 Å². The van der Waals surface area contributed by atoms with Gasteiger partial charge in [0, 0.05) is 0 Å². The molecule has 0 heterocycles. The van der Waals surface area contributed by atoms with Gasteiger partial charge in [-0.05, 0) is 17.2 Å². The molecule has 0 radical (unpaired) electrons. The molecule has 2 rings (SSSR count). The monoisotopic (exact) mass is 205 g/mol. The van der Waals surface area contributed by atoms with E-state index in [4.69, 9.17) is 6.57 Å². The van der Waals surface area contributed by atoms with Crippen molar-refractivity contribution in [2.24, 2.45) is 0 Å². The molecule has 0 unspecified atom stereocenters. The lowest BCUT2D eigenvalue weighted by atomic mass is 10.1. The Morgan fingerprint density at radius 1 is 0.812 bits per heavy atom. The van der Waals surface area contributed by atoms with E-state index in [1.165, 1.54) is 0 Å². The van der Waals surface area contributed by atoms with Crippen molar-refractivity contribution < 1.29 is 0 Å². The smallest absolute Gasteiger partial charge is 0.187 e. The van der Waals surface area contributed by atoms with Gasteiger partial charge in [-0.15, -0.1) is 0 Å². The quantitative estimate of drug-likeness (QED) is 0.505. The fourth-order valence-corrected chi connectivity index (χ4v) is 1.45. The van der Waals surface area contributed by atoms with Crippen LogP contribution in [0.15, 0.2) is 54.6 Å². The minimum absolute atomic E-state index is 0.676. The summed E-state index contributed by atoms with van der Waals surface area (Å²) < 4.78 is 0. The summed E-state index contributed by atoms with van der Waals surface area (Å²) in [6, 6.07) is 17.7. The lowest BCUT2D eigenvalue weighted by molar-refractivity contribution is 1.65. The molecular formula is C15H11N. The van der Waals surface area contributed by atoms with Crippen LogP contribution in [-0.4, -0.2) is 0 Å². The lowest BCUT2D eigenvalue weighted by Crippen LogP contribution is -1.71. The Labute approximate surface area is 95.5 Å². The zero-order valence-corrected chi connectivity index (χ0v) is 8.80. The molecule has 76 valence electrons. The fourth-order valence-electron chi connectivity index (χ4n) is 1.45. The zero-order chi connectivity index (χ0) is 11.2. The van der Waals surface area contributed by atoms with E-state index >= 15 is 0 Å². The first-order valence-electron chi connectivity index (χ1n) is 5.09. The minimum atomic E-state index is 0.676. The molecule has 0 atom stereocenters. The molecule has 2 aromatic carbocycles. The Hall–Kier alpha value is -2.33. The second-order valence-corrected chi connectivity index (χ2v) is 3.45. The van der Waals surface area contributed by atoms with Crippen molar-refractivity contribution >= 4 is 17.8 Å². The number of nitrogens with zero attached hydrogens (tertiary/aromatic N) is 1. The summed E-state index contributed by atoms with van der Waals surface area (Å²) in [6.07, 6.45) is 4.06. The third-order valence-electron chi connectivity index (χ3n) is 2.27. The van der Waals surface area contributed by atoms with Crippen LogP contribution in [0.25, 0.3) is 17.0 Å². The molecular weight excluding hydrogens is 194 g/mol. The maximum absolute atomic E-state index is 6.94. The van der Waals surface area contributed by atoms with Gasteiger partial charge < -0.3 is 0 Å². The Bertz CT molecular complexity index is 533. The van der Waals surface area contributed by atoms with Crippen LogP contribution in [0, 0.1) is 6.57 Å². The van der Waals surface area contributed by atoms with Crippen molar-refractivity contribution in [1.29, 1.82) is 0 Å². The van der Waals surface area contributed by atoms with Crippen LogP contribution in [0.5, 0.6) is 0 Å². The standard InChI is InChI=1S/C15H11N/c1-16-15-9-5-8-14(12-15)11-10-13-6-3-2-4-7-13/h2-12H/b11-10+. The maximum atomic E-state index is 6.94. The summed E-state index contributed by atoms with van der Waals surface area (Å²) >= 11 is 0. The fraction of sp³-hybridized carbons (Fsp3) is 0. The highest BCUT2D eigenvalue weighted by Crippen LogP contribution is 2.15. The van der Waals surface area contributed by atoms with Crippen molar-refractivity contribution in [3.8, 4) is 0 Å². The van der Waals surface area contributed by atoms with Crippen LogP contribution in [0.3, 0.4) is 0 Å². The summed E-state index contributed by atoms with van der Waals surface area (Å²) in [5.74, 6) is 0. The SMILES string of the molecule is [C-]#[N+]c1cccc(/C=C/c2ccccc2)c1. The van der Waals surface area contributed by atoms with Gasteiger partial charge in [0.05, 0.1) is 6.57 Å². The van der Waals surface area contributed by atoms with E-state index in [0.29, 0.717) is 5.69 Å². The van der Waals surface area contributed by atoms with Gasteiger partial charge in [0.25, 0.3) is 0 Å². The molecule has 16 heavy (non-hydrogen) atoms. The Morgan fingerprint density at radius 3 is 2.25 bits per heavy atom. The van der Waals surface area contributed by atoms with Gasteiger partial charge in [0.1, 0.15) is 0 Å². The third-order valence-corrected chi connectivity index (χ3v) is 2.27. The molecule has 0 bridgehead atoms. The molecule has 0 aliphatic heterocycles. The maximum Gasteiger partial charge on any atom is 0.187 e. The molecule has 0 aliphatic rings. The highest BCUT2D eigenvalue weighted by molar-refractivity contribution is 5.71. The summed E-state index contributed by atoms with van der Waals surface area (Å²) in [5.41, 5.74) is 2.89. The normalized spacial score (nSPS) is 10.2. The summed E-state index contributed by atoms with van der Waals surface area (Å²) in [4.78, 5) is 3.40. The van der Waals surface area contributed by atoms with Crippen molar-refractivity contribution in [3.63, 3.8) is 0 Å². The molecule has 0 fully saturated rings. The highest BCUT2D eigenvalue weighted by atomic mass is 14.6. The topological polar surface area (TPSA) is 4.36 Å². The van der Waals surface area contributed by atoms with Crippen molar-refractivity contribution in [3.05, 3.63) is 77.1 Å². The molecule has 0 N–H and O–H groups in total. The highest BCUT2D eigenvalue weighted by Gasteiger charge is 1.90. The van der Waals surface area contributed by atoms with Crippen molar-refractivity contribution in [2.45, 2.75) is 0 Å². The van der Waals surface area contributed by atoms with E-state index in [1.54, 1.807) is 0 Å². The van der Waals surface area contributed by atoms with Crippen LogP contribution in [-0.2, 0) is 0 Å². The summed E-state index contributed by atoms with van der Waals surface area (Å²) in [7, 11) is 0. The molecule has 0 aromatic heterocycles. The van der Waals surface area contributed by atoms with E-state index in [9.17, 15) is 0 Å². The number of benzene rings is 2. The van der Waals surface area contributed by atoms with Gasteiger partial charge in [-0.2, -0.15) is 0 Å². The number of hydrogen-bond donors (Lipinski definition) is 0. The predicted octanol–water partition coefficient (Wildman–Crippen LogP) is 4.41. The Balaban J connectivity index is 2.21. The summed E-state index contributed by atoms with van der Waals surface area (Å²) in [6.45, 7) is 6.94. The molecule has 1 nitrogen and oxygen atoms in total. The van der Waals surface area contributed by atoms with Gasteiger partial charge in [-0.3, -0.25) is 0 Å². The predicted molar refractivity (Wildman–Crippen MR) is 68.1 cm³/mol. The largest absolute Gasteiger partial charge is 0.238 e. The molecule has 1 heteroatoms. The molecule has 0 aliphatic carbocycles. The van der Waals surface area contributed by atoms with E-state index in [-0.39, 0.29) is 0 Å². The third kappa shape index (κ3) is 2.59. The lowest BCUT2D eigenvalue weighted by Gasteiger charge is -1.95. The average Bonchev–Trinajstić information content (AvgIpc) is 2.38. The first kappa shape index (κ1) is 10.2. The van der Waals surface area contributed by atoms with Gasteiger partial charge in [-0.25, -0.2) is 4.85 Å². The van der Waals surface area contributed by atoms with Crippen LogP contribution in [0.1, 0.15) is 11.1 Å². The second-order valence-electron chi connectivity index (χ2n) is 3.45. The zero-order valence-electron chi connectivity index (χ0n) is 8.80. The minimum Gasteiger partial charge on any atom is -0.238 e. The van der Waals surface area contributed by atoms with E-state index in [1.807, 2.05) is 54.6 Å². The average molecular weight is 205 g/mol. The van der Waals surface area contributed by atoms with E-state index in [0.717, 1.165) is 11.1 Å². The molecule has 0 spiro atoms. The van der Waals surface area contributed by atoms with Crippen molar-refractivity contribution in [1.82, 2.24) is 0 Å². The molecule has 0 saturated heterocycles. The van der Waals surface area contributed by atoms with Gasteiger partial charge in [0.15, 0.2) is 5.69 Å². The van der Waals surface area contributed by atoms with E-state index in [2.05, 4.69) is 17.0 Å². The number of hydrogen-bond acceptors (Lipinski definition) is 0. The van der Waals surface area contributed by atoms with E-state index < -0.39 is 0 Å². The molecule has 0 amide bonds. The van der Waals surface area contributed by atoms with Crippen LogP contribution in [0.4, 0.5) is 5.69 Å². The van der Waals surface area contributed by atoms with Gasteiger partial charge >= 0.3 is 0 Å².